The van der Waals surface area contributed by atoms with Crippen LogP contribution in [0, 0.1) is 0 Å². The molecule has 1 amide bonds. The molecule has 0 aromatic rings. The average Bonchev–Trinajstić information content (AvgIpc) is 1.89. The van der Waals surface area contributed by atoms with Crippen LogP contribution in [0.2, 0.25) is 0 Å². The van der Waals surface area contributed by atoms with E-state index in [1.165, 1.54) is 20.3 Å². The Hall–Kier alpha value is -0.420. The minimum Gasteiger partial charge on any atom is -0.359 e. The van der Waals surface area contributed by atoms with Crippen LogP contribution >= 0.6 is 0 Å². The Morgan fingerprint density at radius 1 is 1.60 bits per heavy atom. The molecule has 0 rings (SSSR count). The molecule has 0 aromatic heterocycles. The number of carbonyl (C=O) groups excluding carboxylic acids is 1. The third-order valence-electron chi connectivity index (χ3n) is 0.587. The van der Waals surface area contributed by atoms with Gasteiger partial charge in [0.15, 0.2) is 11.1 Å². The zero-order chi connectivity index (χ0) is 8.57. The number of rotatable bonds is 1. The summed E-state index contributed by atoms with van der Waals surface area (Å²) in [6.07, 6.45) is 1.47. The van der Waals surface area contributed by atoms with Gasteiger partial charge in [-0.15, -0.1) is 0 Å². The lowest BCUT2D eigenvalue weighted by Gasteiger charge is -1.80. The van der Waals surface area contributed by atoms with Crippen LogP contribution in [0.15, 0.2) is 0 Å². The van der Waals surface area contributed by atoms with Crippen molar-refractivity contribution in [1.82, 2.24) is 5.32 Å². The molecule has 0 aliphatic heterocycles. The minimum atomic E-state index is -1.07. The van der Waals surface area contributed by atoms with Gasteiger partial charge in [-0.2, -0.15) is 0 Å². The molecular weight excluding hydrogens is 154 g/mol. The smallest absolute Gasteiger partial charge is 0.216 e. The van der Waals surface area contributed by atoms with E-state index in [0.717, 1.165) is 0 Å². The molecule has 62 valence electrons. The zero-order valence-electron chi connectivity index (χ0n) is 6.63. The van der Waals surface area contributed by atoms with E-state index in [-0.39, 0.29) is 5.91 Å². The summed E-state index contributed by atoms with van der Waals surface area (Å²) < 4.78 is 13.9. The van der Waals surface area contributed by atoms with Gasteiger partial charge < -0.3 is 5.32 Å². The first-order valence-electron chi connectivity index (χ1n) is 2.60. The second-order valence-electron chi connectivity index (χ2n) is 1.37. The number of hydrogen-bond donors (Lipinski definition) is 1. The third-order valence-corrected chi connectivity index (χ3v) is 1.06. The van der Waals surface area contributed by atoms with Crippen molar-refractivity contribution < 1.29 is 13.2 Å². The van der Waals surface area contributed by atoms with Crippen molar-refractivity contribution in [3.8, 4) is 0 Å². The molecule has 1 unspecified atom stereocenters. The van der Waals surface area contributed by atoms with E-state index in [2.05, 4.69) is 9.50 Å². The van der Waals surface area contributed by atoms with Crippen LogP contribution in [-0.2, 0) is 20.1 Å². The summed E-state index contributed by atoms with van der Waals surface area (Å²) in [5.74, 6) is 0.00463. The predicted octanol–water partition coefficient (Wildman–Crippen LogP) is -0.321. The molecule has 0 saturated carbocycles. The van der Waals surface area contributed by atoms with E-state index in [1.807, 2.05) is 0 Å². The number of carbonyl (C=O) groups is 1. The predicted molar refractivity (Wildman–Crippen MR) is 40.8 cm³/mol. The van der Waals surface area contributed by atoms with Gasteiger partial charge in [0.05, 0.1) is 7.11 Å². The third kappa shape index (κ3) is 25.6. The lowest BCUT2D eigenvalue weighted by Crippen LogP contribution is -2.11. The lowest BCUT2D eigenvalue weighted by molar-refractivity contribution is -0.118. The molecule has 10 heavy (non-hydrogen) atoms. The maximum absolute atomic E-state index is 9.70. The van der Waals surface area contributed by atoms with Crippen LogP contribution in [0.3, 0.4) is 0 Å². The Kier molecular flexibility index (Phi) is 10.5. The average molecular weight is 167 g/mol. The normalized spacial score (nSPS) is 10.8. The van der Waals surface area contributed by atoms with Crippen LogP contribution in [0.25, 0.3) is 0 Å². The van der Waals surface area contributed by atoms with Gasteiger partial charge in [0.25, 0.3) is 0 Å². The minimum absolute atomic E-state index is 0.00463. The number of nitrogens with one attached hydrogen (secondary N) is 1. The SMILES string of the molecule is CNC(C)=O.COS(C)=O. The van der Waals surface area contributed by atoms with Gasteiger partial charge in [-0.25, -0.2) is 4.21 Å². The van der Waals surface area contributed by atoms with Gasteiger partial charge in [-0.1, -0.05) is 0 Å². The summed E-state index contributed by atoms with van der Waals surface area (Å²) in [6.45, 7) is 1.47. The standard InChI is InChI=1S/C3H7NO.C2H6O2S/c1-3(5)4-2;1-4-5(2)3/h1-2H3,(H,4,5);1-2H3. The molecule has 0 fully saturated rings. The second kappa shape index (κ2) is 8.58. The highest BCUT2D eigenvalue weighted by Gasteiger charge is 1.72. The molecule has 0 radical (unpaired) electrons. The number of amides is 1. The first kappa shape index (κ1) is 12.3. The van der Waals surface area contributed by atoms with Crippen LogP contribution < -0.4 is 5.32 Å². The van der Waals surface area contributed by atoms with Crippen molar-refractivity contribution >= 4 is 17.0 Å². The first-order valence-corrected chi connectivity index (χ1v) is 4.09. The maximum Gasteiger partial charge on any atom is 0.216 e. The fourth-order valence-electron chi connectivity index (χ4n) is 0. The van der Waals surface area contributed by atoms with Crippen LogP contribution in [0.5, 0.6) is 0 Å². The molecule has 0 aromatic carbocycles. The van der Waals surface area contributed by atoms with Gasteiger partial charge in [-0.3, -0.25) is 8.98 Å². The summed E-state index contributed by atoms with van der Waals surface area (Å²) in [5.41, 5.74) is 0. The molecule has 0 aliphatic rings. The van der Waals surface area contributed by atoms with Crippen LogP contribution in [0.1, 0.15) is 6.92 Å². The van der Waals surface area contributed by atoms with Crippen LogP contribution in [-0.4, -0.2) is 30.5 Å². The van der Waals surface area contributed by atoms with Gasteiger partial charge >= 0.3 is 0 Å². The molecule has 0 aliphatic carbocycles. The molecule has 4 nitrogen and oxygen atoms in total. The maximum atomic E-state index is 9.70. The van der Waals surface area contributed by atoms with Crippen molar-refractivity contribution in [2.24, 2.45) is 0 Å². The summed E-state index contributed by atoms with van der Waals surface area (Å²) in [7, 11) is 3.00. The van der Waals surface area contributed by atoms with Crippen molar-refractivity contribution in [3.05, 3.63) is 0 Å². The molecule has 5 heteroatoms. The van der Waals surface area contributed by atoms with E-state index in [9.17, 15) is 9.00 Å². The molecule has 0 heterocycles. The second-order valence-corrected chi connectivity index (χ2v) is 2.51. The Labute approximate surface area is 63.6 Å². The molecular formula is C5H13NO3S. The highest BCUT2D eigenvalue weighted by molar-refractivity contribution is 7.79. The van der Waals surface area contributed by atoms with Crippen molar-refractivity contribution in [3.63, 3.8) is 0 Å². The Morgan fingerprint density at radius 2 is 1.80 bits per heavy atom. The van der Waals surface area contributed by atoms with Gasteiger partial charge in [-0.05, 0) is 0 Å². The first-order chi connectivity index (χ1) is 4.54. The van der Waals surface area contributed by atoms with E-state index in [4.69, 9.17) is 0 Å². The van der Waals surface area contributed by atoms with Gasteiger partial charge in [0.1, 0.15) is 0 Å². The largest absolute Gasteiger partial charge is 0.359 e. The van der Waals surface area contributed by atoms with E-state index in [1.54, 1.807) is 7.05 Å². The quantitative estimate of drug-likeness (QED) is 0.582. The highest BCUT2D eigenvalue weighted by Crippen LogP contribution is 1.65. The van der Waals surface area contributed by atoms with Gasteiger partial charge in [0.2, 0.25) is 5.91 Å². The summed E-state index contributed by atoms with van der Waals surface area (Å²) in [6, 6.07) is 0. The Morgan fingerprint density at radius 3 is 1.80 bits per heavy atom. The fraction of sp³-hybridized carbons (Fsp3) is 0.800. The van der Waals surface area contributed by atoms with Crippen LogP contribution in [0.4, 0.5) is 0 Å². The topological polar surface area (TPSA) is 55.4 Å². The molecule has 1 N–H and O–H groups in total. The van der Waals surface area contributed by atoms with Crippen molar-refractivity contribution in [2.75, 3.05) is 20.4 Å². The fourth-order valence-corrected chi connectivity index (χ4v) is 0. The zero-order valence-corrected chi connectivity index (χ0v) is 7.45. The summed E-state index contributed by atoms with van der Waals surface area (Å²) in [4.78, 5) is 9.70. The van der Waals surface area contributed by atoms with E-state index < -0.39 is 11.1 Å². The lowest BCUT2D eigenvalue weighted by atomic mass is 10.7. The molecule has 0 saturated heterocycles. The van der Waals surface area contributed by atoms with Crippen molar-refractivity contribution in [1.29, 1.82) is 0 Å². The Bertz CT molecular complexity index is 101. The number of hydrogen-bond acceptors (Lipinski definition) is 3. The molecule has 1 atom stereocenters. The molecule has 0 bridgehead atoms. The summed E-state index contributed by atoms with van der Waals surface area (Å²) >= 11 is -1.07. The van der Waals surface area contributed by atoms with E-state index in [0.29, 0.717) is 0 Å². The monoisotopic (exact) mass is 167 g/mol. The summed E-state index contributed by atoms with van der Waals surface area (Å²) in [5, 5.41) is 2.39. The Balaban J connectivity index is 0. The molecule has 0 spiro atoms. The van der Waals surface area contributed by atoms with Gasteiger partial charge in [0, 0.05) is 20.2 Å². The highest BCUT2D eigenvalue weighted by atomic mass is 32.2. The van der Waals surface area contributed by atoms with E-state index >= 15 is 0 Å². The van der Waals surface area contributed by atoms with Crippen molar-refractivity contribution in [2.45, 2.75) is 6.92 Å².